The minimum absolute atomic E-state index is 0.102. The summed E-state index contributed by atoms with van der Waals surface area (Å²) in [5.41, 5.74) is 2.78. The van der Waals surface area contributed by atoms with E-state index in [-0.39, 0.29) is 5.75 Å². The molecule has 0 spiro atoms. The molecule has 5 nitrogen and oxygen atoms in total. The molecule has 0 saturated heterocycles. The van der Waals surface area contributed by atoms with E-state index < -0.39 is 0 Å². The molecule has 3 aromatic rings. The number of phenols is 1. The van der Waals surface area contributed by atoms with Crippen LogP contribution >= 0.6 is 23.1 Å². The summed E-state index contributed by atoms with van der Waals surface area (Å²) in [6.45, 7) is 3.74. The van der Waals surface area contributed by atoms with E-state index in [1.54, 1.807) is 19.2 Å². The summed E-state index contributed by atoms with van der Waals surface area (Å²) in [5, 5.41) is 20.4. The number of benzene rings is 1. The topological polar surface area (TPSA) is 70.7 Å². The Hall–Kier alpha value is -2.05. The molecular weight excluding hydrogens is 320 g/mol. The lowest BCUT2D eigenvalue weighted by molar-refractivity contribution is 0.470. The Morgan fingerprint density at radius 2 is 2.18 bits per heavy atom. The molecule has 112 valence electrons. The first kappa shape index (κ1) is 14.9. The van der Waals surface area contributed by atoms with Crippen LogP contribution in [-0.4, -0.2) is 14.5 Å². The molecule has 2 heterocycles. The average Bonchev–Trinajstić information content (AvgIpc) is 2.94. The normalized spacial score (nSPS) is 11.6. The standard InChI is InChI=1S/C15H13ClN4OS/c1-3-9-11(7-8(2)13(21)12(9)16)18-19-15-10-5-4-6-17-14(10)20-22-15/h4-7,21H,3H2,1-2H3/b19-18+. The smallest absolute Gasteiger partial charge is 0.175 e. The number of rotatable bonds is 3. The summed E-state index contributed by atoms with van der Waals surface area (Å²) in [6.07, 6.45) is 2.35. The van der Waals surface area contributed by atoms with E-state index in [0.29, 0.717) is 33.3 Å². The van der Waals surface area contributed by atoms with E-state index in [0.717, 1.165) is 10.9 Å². The van der Waals surface area contributed by atoms with Crippen LogP contribution < -0.4 is 0 Å². The van der Waals surface area contributed by atoms with Gasteiger partial charge in [0.1, 0.15) is 5.75 Å². The number of nitrogens with zero attached hydrogens (tertiary/aromatic N) is 4. The predicted octanol–water partition coefficient (Wildman–Crippen LogP) is 5.34. The monoisotopic (exact) mass is 332 g/mol. The number of hydrogen-bond acceptors (Lipinski definition) is 6. The second kappa shape index (κ2) is 5.98. The van der Waals surface area contributed by atoms with Crippen molar-refractivity contribution in [1.82, 2.24) is 9.36 Å². The molecule has 7 heteroatoms. The maximum absolute atomic E-state index is 9.92. The fourth-order valence-corrected chi connectivity index (χ4v) is 3.19. The first-order chi connectivity index (χ1) is 10.6. The minimum atomic E-state index is 0.102. The molecule has 0 fully saturated rings. The first-order valence-electron chi connectivity index (χ1n) is 6.75. The van der Waals surface area contributed by atoms with Crippen molar-refractivity contribution in [2.45, 2.75) is 20.3 Å². The van der Waals surface area contributed by atoms with Crippen LogP contribution in [0.5, 0.6) is 5.75 Å². The Balaban J connectivity index is 2.06. The maximum Gasteiger partial charge on any atom is 0.175 e. The Bertz CT molecular complexity index is 875. The number of hydrogen-bond donors (Lipinski definition) is 1. The third kappa shape index (κ3) is 2.55. The van der Waals surface area contributed by atoms with Crippen LogP contribution in [0.15, 0.2) is 34.6 Å². The van der Waals surface area contributed by atoms with Crippen molar-refractivity contribution in [2.75, 3.05) is 0 Å². The molecule has 0 radical (unpaired) electrons. The molecule has 1 N–H and O–H groups in total. The van der Waals surface area contributed by atoms with Gasteiger partial charge in [-0.25, -0.2) is 4.98 Å². The van der Waals surface area contributed by atoms with Gasteiger partial charge in [-0.1, -0.05) is 18.5 Å². The predicted molar refractivity (Wildman–Crippen MR) is 88.8 cm³/mol. The fourth-order valence-electron chi connectivity index (χ4n) is 2.16. The Kier molecular flexibility index (Phi) is 4.04. The summed E-state index contributed by atoms with van der Waals surface area (Å²) in [6, 6.07) is 5.54. The molecule has 0 amide bonds. The van der Waals surface area contributed by atoms with Gasteiger partial charge in [0.25, 0.3) is 0 Å². The SMILES string of the molecule is CCc1c(/N=N/c2snc3ncccc23)cc(C)c(O)c1Cl. The quantitative estimate of drug-likeness (QED) is 0.658. The van der Waals surface area contributed by atoms with Crippen molar-refractivity contribution >= 4 is 44.9 Å². The van der Waals surface area contributed by atoms with Crippen LogP contribution in [0.3, 0.4) is 0 Å². The highest BCUT2D eigenvalue weighted by atomic mass is 35.5. The highest BCUT2D eigenvalue weighted by molar-refractivity contribution is 7.11. The van der Waals surface area contributed by atoms with E-state index in [1.807, 2.05) is 19.1 Å². The second-order valence-corrected chi connectivity index (χ2v) is 5.90. The lowest BCUT2D eigenvalue weighted by atomic mass is 10.1. The van der Waals surface area contributed by atoms with E-state index in [2.05, 4.69) is 19.6 Å². The minimum Gasteiger partial charge on any atom is -0.506 e. The molecule has 3 rings (SSSR count). The van der Waals surface area contributed by atoms with Gasteiger partial charge in [-0.15, -0.1) is 10.2 Å². The maximum atomic E-state index is 9.92. The third-order valence-electron chi connectivity index (χ3n) is 3.35. The van der Waals surface area contributed by atoms with Gasteiger partial charge in [-0.05, 0) is 48.6 Å². The number of azo groups is 1. The van der Waals surface area contributed by atoms with Crippen LogP contribution in [-0.2, 0) is 6.42 Å². The van der Waals surface area contributed by atoms with Gasteiger partial charge in [0.2, 0.25) is 0 Å². The molecule has 0 bridgehead atoms. The number of aromatic nitrogens is 2. The summed E-state index contributed by atoms with van der Waals surface area (Å²) >= 11 is 7.44. The Labute approximate surface area is 136 Å². The molecule has 0 aliphatic rings. The van der Waals surface area contributed by atoms with Gasteiger partial charge < -0.3 is 5.11 Å². The molecule has 1 aromatic carbocycles. The Morgan fingerprint density at radius 3 is 2.95 bits per heavy atom. The van der Waals surface area contributed by atoms with Crippen LogP contribution in [0, 0.1) is 6.92 Å². The highest BCUT2D eigenvalue weighted by Crippen LogP contribution is 2.39. The fraction of sp³-hybridized carbons (Fsp3) is 0.200. The zero-order valence-electron chi connectivity index (χ0n) is 12.0. The van der Waals surface area contributed by atoms with Gasteiger partial charge in [0.15, 0.2) is 10.6 Å². The summed E-state index contributed by atoms with van der Waals surface area (Å²) in [4.78, 5) is 4.17. The van der Waals surface area contributed by atoms with Crippen LogP contribution in [0.1, 0.15) is 18.1 Å². The lowest BCUT2D eigenvalue weighted by Gasteiger charge is -2.09. The van der Waals surface area contributed by atoms with E-state index in [4.69, 9.17) is 11.6 Å². The molecule has 22 heavy (non-hydrogen) atoms. The first-order valence-corrected chi connectivity index (χ1v) is 7.90. The summed E-state index contributed by atoms with van der Waals surface area (Å²) in [7, 11) is 0. The molecular formula is C15H13ClN4OS. The Morgan fingerprint density at radius 1 is 1.36 bits per heavy atom. The number of fused-ring (bicyclic) bond motifs is 1. The highest BCUT2D eigenvalue weighted by Gasteiger charge is 2.13. The molecule has 0 saturated carbocycles. The summed E-state index contributed by atoms with van der Waals surface area (Å²) < 4.78 is 4.23. The van der Waals surface area contributed by atoms with Gasteiger partial charge in [0.05, 0.1) is 16.1 Å². The zero-order valence-corrected chi connectivity index (χ0v) is 13.6. The molecule has 0 aliphatic carbocycles. The van der Waals surface area contributed by atoms with Crippen molar-refractivity contribution in [3.8, 4) is 5.75 Å². The van der Waals surface area contributed by atoms with Crippen LogP contribution in [0.2, 0.25) is 5.02 Å². The van der Waals surface area contributed by atoms with Gasteiger partial charge in [0, 0.05) is 11.8 Å². The average molecular weight is 333 g/mol. The zero-order chi connectivity index (χ0) is 15.7. The van der Waals surface area contributed by atoms with E-state index in [1.165, 1.54) is 11.5 Å². The number of aromatic hydroxyl groups is 1. The summed E-state index contributed by atoms with van der Waals surface area (Å²) in [5.74, 6) is 0.102. The van der Waals surface area contributed by atoms with Crippen molar-refractivity contribution in [3.63, 3.8) is 0 Å². The number of aryl methyl sites for hydroxylation is 1. The van der Waals surface area contributed by atoms with Crippen molar-refractivity contribution in [2.24, 2.45) is 10.2 Å². The molecule has 0 atom stereocenters. The van der Waals surface area contributed by atoms with Crippen molar-refractivity contribution in [3.05, 3.63) is 40.5 Å². The second-order valence-electron chi connectivity index (χ2n) is 4.77. The van der Waals surface area contributed by atoms with Crippen LogP contribution in [0.25, 0.3) is 11.0 Å². The van der Waals surface area contributed by atoms with E-state index >= 15 is 0 Å². The molecule has 0 aliphatic heterocycles. The van der Waals surface area contributed by atoms with Crippen molar-refractivity contribution in [1.29, 1.82) is 0 Å². The van der Waals surface area contributed by atoms with Crippen molar-refractivity contribution < 1.29 is 5.11 Å². The molecule has 2 aromatic heterocycles. The number of halogens is 1. The van der Waals surface area contributed by atoms with Gasteiger partial charge in [-0.3, -0.25) is 0 Å². The van der Waals surface area contributed by atoms with E-state index in [9.17, 15) is 5.11 Å². The van der Waals surface area contributed by atoms with Crippen LogP contribution in [0.4, 0.5) is 10.7 Å². The molecule has 0 unspecified atom stereocenters. The number of phenolic OH excluding ortho intramolecular Hbond substituents is 1. The number of pyridine rings is 1. The van der Waals surface area contributed by atoms with Gasteiger partial charge >= 0.3 is 0 Å². The largest absolute Gasteiger partial charge is 0.506 e. The van der Waals surface area contributed by atoms with Gasteiger partial charge in [-0.2, -0.15) is 4.37 Å². The third-order valence-corrected chi connectivity index (χ3v) is 4.49. The lowest BCUT2D eigenvalue weighted by Crippen LogP contribution is -1.87.